The lowest BCUT2D eigenvalue weighted by Gasteiger charge is -2.39. The number of carbonyl (C=O) groups is 1. The van der Waals surface area contributed by atoms with Crippen molar-refractivity contribution in [1.82, 2.24) is 15.0 Å². The number of alkyl halides is 5. The summed E-state index contributed by atoms with van der Waals surface area (Å²) in [5, 5.41) is 17.6. The molecular weight excluding hydrogens is 566 g/mol. The Morgan fingerprint density at radius 3 is 2.45 bits per heavy atom. The molecule has 0 bridgehead atoms. The van der Waals surface area contributed by atoms with Gasteiger partial charge in [-0.25, -0.2) is 23.1 Å². The minimum Gasteiger partial charge on any atom is -0.475 e. The van der Waals surface area contributed by atoms with Gasteiger partial charge in [-0.3, -0.25) is 0 Å². The van der Waals surface area contributed by atoms with E-state index < -0.39 is 59.0 Å². The van der Waals surface area contributed by atoms with E-state index in [1.54, 1.807) is 0 Å². The molecule has 0 aliphatic rings. The van der Waals surface area contributed by atoms with Gasteiger partial charge >= 0.3 is 6.18 Å². The predicted octanol–water partition coefficient (Wildman–Crippen LogP) is 4.57. The maximum absolute atomic E-state index is 15.3. The number of halogens is 6. The molecule has 2 heterocycles. The van der Waals surface area contributed by atoms with Crippen molar-refractivity contribution in [1.29, 1.82) is 5.26 Å². The van der Waals surface area contributed by atoms with E-state index in [0.29, 0.717) is 12.4 Å². The van der Waals surface area contributed by atoms with E-state index in [1.807, 2.05) is 0 Å². The van der Waals surface area contributed by atoms with Crippen LogP contribution < -0.4 is 14.5 Å². The molecule has 0 aliphatic heterocycles. The van der Waals surface area contributed by atoms with Crippen LogP contribution in [0.1, 0.15) is 37.4 Å². The molecule has 0 saturated carbocycles. The molecule has 0 radical (unpaired) electrons. The van der Waals surface area contributed by atoms with Gasteiger partial charge in [0.2, 0.25) is 5.88 Å². The van der Waals surface area contributed by atoms with Crippen LogP contribution in [0.25, 0.3) is 10.9 Å². The number of aliphatic hydroxyl groups excluding tert-OH is 1. The first-order valence-electron chi connectivity index (χ1n) is 11.2. The Balaban J connectivity index is 2.22. The number of thiocarbonyl (C=S) groups is 1. The van der Waals surface area contributed by atoms with Crippen LogP contribution in [-0.4, -0.2) is 57.3 Å². The van der Waals surface area contributed by atoms with Gasteiger partial charge in [-0.05, 0) is 44.3 Å². The summed E-state index contributed by atoms with van der Waals surface area (Å²) in [7, 11) is 1.27. The summed E-state index contributed by atoms with van der Waals surface area (Å²) < 4.78 is 87.8. The zero-order valence-corrected chi connectivity index (χ0v) is 21.8. The van der Waals surface area contributed by atoms with Gasteiger partial charge in [0, 0.05) is 12.7 Å². The second-order valence-electron chi connectivity index (χ2n) is 8.73. The molecule has 3 aromatic rings. The average Bonchev–Trinajstić information content (AvgIpc) is 2.90. The molecule has 3 rings (SSSR count). The highest BCUT2D eigenvalue weighted by molar-refractivity contribution is 7.80. The maximum atomic E-state index is 15.3. The number of pyridine rings is 1. The highest BCUT2D eigenvalue weighted by Crippen LogP contribution is 2.36. The molecule has 0 saturated heterocycles. The summed E-state index contributed by atoms with van der Waals surface area (Å²) in [4.78, 5) is 25.0. The molecule has 16 heteroatoms. The fourth-order valence-electron chi connectivity index (χ4n) is 3.59. The number of nitrogens with zero attached hydrogens (tertiary/aromatic N) is 6. The number of nitriles is 1. The number of fused-ring (bicyclic) bond motifs is 1. The zero-order valence-electron chi connectivity index (χ0n) is 21.0. The summed E-state index contributed by atoms with van der Waals surface area (Å²) in [6, 6.07) is 4.06. The third-order valence-electron chi connectivity index (χ3n) is 5.52. The number of aromatic nitrogens is 3. The van der Waals surface area contributed by atoms with Crippen LogP contribution in [0.2, 0.25) is 0 Å². The van der Waals surface area contributed by atoms with Crippen LogP contribution >= 0.6 is 12.2 Å². The minimum absolute atomic E-state index is 0.126. The largest absolute Gasteiger partial charge is 0.475 e. The van der Waals surface area contributed by atoms with Crippen LogP contribution in [-0.2, 0) is 11.0 Å². The molecule has 0 amide bonds. The first kappa shape index (κ1) is 30.4. The Morgan fingerprint density at radius 2 is 1.90 bits per heavy atom. The molecular formula is C24H20F6N6O3S. The van der Waals surface area contributed by atoms with Crippen LogP contribution in [0.3, 0.4) is 0 Å². The van der Waals surface area contributed by atoms with Crippen molar-refractivity contribution in [2.75, 3.05) is 30.1 Å². The van der Waals surface area contributed by atoms with Gasteiger partial charge in [0.25, 0.3) is 6.43 Å². The topological polar surface area (TPSA) is 115 Å². The molecule has 1 N–H and O–H groups in total. The Hall–Kier alpha value is -4.10. The molecule has 0 unspecified atom stereocenters. The fourth-order valence-corrected chi connectivity index (χ4v) is 4.04. The lowest BCUT2D eigenvalue weighted by molar-refractivity contribution is -0.138. The smallest absolute Gasteiger partial charge is 0.419 e. The van der Waals surface area contributed by atoms with E-state index in [9.17, 15) is 26.7 Å². The lowest BCUT2D eigenvalue weighted by atomic mass is 10.0. The van der Waals surface area contributed by atoms with Gasteiger partial charge in [0.15, 0.2) is 22.4 Å². The number of hydrogen-bond acceptors (Lipinski definition) is 8. The monoisotopic (exact) mass is 586 g/mol. The summed E-state index contributed by atoms with van der Waals surface area (Å²) in [5.41, 5.74) is -4.60. The summed E-state index contributed by atoms with van der Waals surface area (Å²) in [6.45, 7) is 1.88. The normalized spacial score (nSPS) is 11.8. The second-order valence-corrected chi connectivity index (χ2v) is 9.10. The molecule has 0 atom stereocenters. The number of carbonyl (C=O) groups excluding carboxylic acids is 1. The Labute approximate surface area is 228 Å². The zero-order chi connectivity index (χ0) is 30.0. The van der Waals surface area contributed by atoms with Crippen molar-refractivity contribution >= 4 is 45.9 Å². The van der Waals surface area contributed by atoms with Gasteiger partial charge in [-0.2, -0.15) is 23.4 Å². The number of aldehydes is 1. The summed E-state index contributed by atoms with van der Waals surface area (Å²) in [6.07, 6.45) is -6.67. The molecule has 40 heavy (non-hydrogen) atoms. The molecule has 2 aromatic heterocycles. The van der Waals surface area contributed by atoms with E-state index in [0.717, 1.165) is 22.1 Å². The maximum Gasteiger partial charge on any atom is 0.419 e. The number of hydrogen-bond donors (Lipinski definition) is 1. The summed E-state index contributed by atoms with van der Waals surface area (Å²) >= 11 is 5.50. The first-order chi connectivity index (χ1) is 18.7. The fraction of sp³-hybridized carbons (Fsp3) is 0.333. The SMILES string of the molecule is CN(C(=S)N(c1cc(F)c2nc(C(F)F)nc(OCCO)c2c1)C(C)(C)C=O)c1cnc(C#N)c(C(F)(F)F)c1. The molecule has 9 nitrogen and oxygen atoms in total. The van der Waals surface area contributed by atoms with E-state index >= 15 is 4.39 Å². The Kier molecular flexibility index (Phi) is 8.80. The third kappa shape index (κ3) is 6.05. The van der Waals surface area contributed by atoms with Crippen LogP contribution in [0, 0.1) is 17.1 Å². The first-order valence-corrected chi connectivity index (χ1v) is 11.6. The van der Waals surface area contributed by atoms with E-state index in [-0.39, 0.29) is 28.5 Å². The number of benzene rings is 1. The number of aliphatic hydroxyl groups is 1. The predicted molar refractivity (Wildman–Crippen MR) is 135 cm³/mol. The van der Waals surface area contributed by atoms with Crippen LogP contribution in [0.4, 0.5) is 37.7 Å². The average molecular weight is 587 g/mol. The van der Waals surface area contributed by atoms with E-state index in [4.69, 9.17) is 27.3 Å². The van der Waals surface area contributed by atoms with Gasteiger partial charge in [-0.1, -0.05) is 0 Å². The highest BCUT2D eigenvalue weighted by Gasteiger charge is 2.37. The van der Waals surface area contributed by atoms with Crippen molar-refractivity contribution in [2.24, 2.45) is 0 Å². The number of ether oxygens (including phenoxy) is 1. The summed E-state index contributed by atoms with van der Waals surface area (Å²) in [5.74, 6) is -2.63. The molecule has 0 spiro atoms. The molecule has 212 valence electrons. The van der Waals surface area contributed by atoms with Gasteiger partial charge < -0.3 is 24.4 Å². The molecule has 0 aliphatic carbocycles. The quantitative estimate of drug-likeness (QED) is 0.229. The standard InChI is InChI=1S/C24H20F6N6O3S/c1-23(2,11-38)36(22(40)35(3)13-7-15(24(28,29)30)17(9-31)32-10-13)12-6-14-18(16(25)8-12)33-20(19(26)27)34-21(14)39-5-4-37/h6-8,10-11,19,37H,4-5H2,1-3H3. The Bertz CT molecular complexity index is 1490. The number of rotatable bonds is 8. The van der Waals surface area contributed by atoms with Gasteiger partial charge in [0.05, 0.1) is 35.0 Å². The second kappa shape index (κ2) is 11.6. The minimum atomic E-state index is -4.91. The molecule has 1 aromatic carbocycles. The highest BCUT2D eigenvalue weighted by atomic mass is 32.1. The Morgan fingerprint density at radius 1 is 1.23 bits per heavy atom. The van der Waals surface area contributed by atoms with Gasteiger partial charge in [-0.15, -0.1) is 0 Å². The van der Waals surface area contributed by atoms with Crippen molar-refractivity contribution < 1.29 is 41.0 Å². The van der Waals surface area contributed by atoms with Gasteiger partial charge in [0.1, 0.15) is 24.5 Å². The molecule has 0 fully saturated rings. The van der Waals surface area contributed by atoms with E-state index in [1.165, 1.54) is 33.0 Å². The van der Waals surface area contributed by atoms with Crippen LogP contribution in [0.5, 0.6) is 5.88 Å². The van der Waals surface area contributed by atoms with Crippen molar-refractivity contribution in [3.8, 4) is 11.9 Å². The van der Waals surface area contributed by atoms with Crippen molar-refractivity contribution in [3.05, 3.63) is 47.3 Å². The lowest BCUT2D eigenvalue weighted by Crippen LogP contribution is -2.54. The van der Waals surface area contributed by atoms with Crippen molar-refractivity contribution in [3.63, 3.8) is 0 Å². The number of anilines is 2. The van der Waals surface area contributed by atoms with Crippen LogP contribution in [0.15, 0.2) is 24.4 Å². The van der Waals surface area contributed by atoms with E-state index in [2.05, 4.69) is 15.0 Å². The third-order valence-corrected chi connectivity index (χ3v) is 5.98. The van der Waals surface area contributed by atoms with Crippen molar-refractivity contribution in [2.45, 2.75) is 32.0 Å².